The number of pyridine rings is 1. The van der Waals surface area contributed by atoms with Gasteiger partial charge in [-0.25, -0.2) is 15.0 Å². The van der Waals surface area contributed by atoms with Crippen LogP contribution in [0.2, 0.25) is 15.2 Å². The quantitative estimate of drug-likeness (QED) is 0.648. The van der Waals surface area contributed by atoms with Gasteiger partial charge in [0, 0.05) is 6.20 Å². The summed E-state index contributed by atoms with van der Waals surface area (Å²) in [6.45, 7) is 4.21. The van der Waals surface area contributed by atoms with Crippen LogP contribution in [0.5, 0.6) is 0 Å². The Labute approximate surface area is 140 Å². The molecule has 3 nitrogen and oxygen atoms in total. The zero-order valence-corrected chi connectivity index (χ0v) is 14.6. The van der Waals surface area contributed by atoms with E-state index in [0.29, 0.717) is 37.1 Å². The highest BCUT2D eigenvalue weighted by molar-refractivity contribution is 9.10. The van der Waals surface area contributed by atoms with Crippen LogP contribution in [-0.2, 0) is 6.42 Å². The van der Waals surface area contributed by atoms with Gasteiger partial charge in [0.2, 0.25) is 0 Å². The largest absolute Gasteiger partial charge is 0.250 e. The molecule has 0 amide bonds. The van der Waals surface area contributed by atoms with Crippen LogP contribution in [0.4, 0.5) is 0 Å². The Balaban J connectivity index is 2.54. The molecule has 0 radical (unpaired) electrons. The first kappa shape index (κ1) is 16.0. The lowest BCUT2D eigenvalue weighted by atomic mass is 10.1. The number of rotatable bonds is 3. The van der Waals surface area contributed by atoms with E-state index in [1.54, 1.807) is 6.07 Å². The van der Waals surface area contributed by atoms with E-state index in [1.165, 1.54) is 6.20 Å². The molecule has 2 rings (SSSR count). The Morgan fingerprint density at radius 2 is 1.90 bits per heavy atom. The SMILES string of the molecule is CC(C)Cc1nc(-c2ncc(Cl)cc2Cl)nc(Cl)c1Br. The standard InChI is InChI=1S/C13H11BrCl3N3/c1-6(2)3-9-10(14)12(17)20-13(19-9)11-8(16)4-7(15)5-18-11/h4-6H,3H2,1-2H3. The van der Waals surface area contributed by atoms with Crippen molar-refractivity contribution in [3.05, 3.63) is 37.6 Å². The van der Waals surface area contributed by atoms with Crippen LogP contribution in [-0.4, -0.2) is 15.0 Å². The molecule has 0 atom stereocenters. The summed E-state index contributed by atoms with van der Waals surface area (Å²) in [5, 5.41) is 1.20. The molecule has 2 aromatic heterocycles. The molecule has 0 bridgehead atoms. The zero-order chi connectivity index (χ0) is 14.9. The average molecular weight is 396 g/mol. The minimum absolute atomic E-state index is 0.346. The van der Waals surface area contributed by atoms with E-state index in [2.05, 4.69) is 44.7 Å². The molecule has 0 N–H and O–H groups in total. The minimum atomic E-state index is 0.346. The van der Waals surface area contributed by atoms with E-state index < -0.39 is 0 Å². The molecule has 0 unspecified atom stereocenters. The number of halogens is 4. The van der Waals surface area contributed by atoms with E-state index in [0.717, 1.165) is 12.1 Å². The summed E-state index contributed by atoms with van der Waals surface area (Å²) in [6.07, 6.45) is 2.28. The Bertz CT molecular complexity index is 647. The second-order valence-electron chi connectivity index (χ2n) is 4.68. The molecule has 0 spiro atoms. The summed E-state index contributed by atoms with van der Waals surface area (Å²) in [6, 6.07) is 1.60. The molecule has 106 valence electrons. The monoisotopic (exact) mass is 393 g/mol. The van der Waals surface area contributed by atoms with Crippen LogP contribution in [0, 0.1) is 5.92 Å². The molecule has 0 aromatic carbocycles. The van der Waals surface area contributed by atoms with E-state index in [9.17, 15) is 0 Å². The van der Waals surface area contributed by atoms with Gasteiger partial charge in [0.1, 0.15) is 10.8 Å². The first-order valence-corrected chi connectivity index (χ1v) is 7.84. The molecule has 0 aliphatic rings. The molecule has 7 heteroatoms. The molecule has 0 saturated carbocycles. The van der Waals surface area contributed by atoms with Crippen LogP contribution in [0.1, 0.15) is 19.5 Å². The second kappa shape index (κ2) is 6.56. The van der Waals surface area contributed by atoms with Gasteiger partial charge in [-0.05, 0) is 34.3 Å². The summed E-state index contributed by atoms with van der Waals surface area (Å²) in [7, 11) is 0. The third-order valence-electron chi connectivity index (χ3n) is 2.50. The fourth-order valence-electron chi connectivity index (χ4n) is 1.67. The van der Waals surface area contributed by atoms with E-state index >= 15 is 0 Å². The Kier molecular flexibility index (Phi) is 5.24. The highest BCUT2D eigenvalue weighted by Crippen LogP contribution is 2.31. The second-order valence-corrected chi connectivity index (χ2v) is 6.68. The maximum atomic E-state index is 6.14. The van der Waals surface area contributed by atoms with Gasteiger partial charge in [-0.3, -0.25) is 0 Å². The highest BCUT2D eigenvalue weighted by Gasteiger charge is 2.16. The van der Waals surface area contributed by atoms with Gasteiger partial charge in [-0.15, -0.1) is 0 Å². The first-order valence-electron chi connectivity index (χ1n) is 5.91. The molecule has 0 saturated heterocycles. The maximum absolute atomic E-state index is 6.14. The fourth-order valence-corrected chi connectivity index (χ4v) is 2.66. The smallest absolute Gasteiger partial charge is 0.181 e. The van der Waals surface area contributed by atoms with E-state index in [-0.39, 0.29) is 0 Å². The third-order valence-corrected chi connectivity index (χ3v) is 4.33. The van der Waals surface area contributed by atoms with Gasteiger partial charge in [-0.1, -0.05) is 48.7 Å². The number of nitrogens with zero attached hydrogens (tertiary/aromatic N) is 3. The number of hydrogen-bond donors (Lipinski definition) is 0. The Hall–Kier alpha value is -0.420. The maximum Gasteiger partial charge on any atom is 0.181 e. The van der Waals surface area contributed by atoms with Crippen molar-refractivity contribution in [3.8, 4) is 11.5 Å². The molecular weight excluding hydrogens is 384 g/mol. The van der Waals surface area contributed by atoms with Crippen molar-refractivity contribution in [3.63, 3.8) is 0 Å². The van der Waals surface area contributed by atoms with Crippen LogP contribution in [0.25, 0.3) is 11.5 Å². The average Bonchev–Trinajstić information content (AvgIpc) is 2.34. The Morgan fingerprint density at radius 1 is 1.20 bits per heavy atom. The summed E-state index contributed by atoms with van der Waals surface area (Å²) in [5.74, 6) is 0.842. The van der Waals surface area contributed by atoms with Gasteiger partial charge in [0.05, 0.1) is 20.2 Å². The first-order chi connectivity index (χ1) is 9.38. The molecule has 0 fully saturated rings. The lowest BCUT2D eigenvalue weighted by molar-refractivity contribution is 0.632. The van der Waals surface area contributed by atoms with Crippen LogP contribution in [0.15, 0.2) is 16.7 Å². The molecule has 0 aliphatic heterocycles. The number of hydrogen-bond acceptors (Lipinski definition) is 3. The summed E-state index contributed by atoms with van der Waals surface area (Å²) in [4.78, 5) is 12.9. The lowest BCUT2D eigenvalue weighted by Crippen LogP contribution is -2.03. The van der Waals surface area contributed by atoms with E-state index in [4.69, 9.17) is 34.8 Å². The topological polar surface area (TPSA) is 38.7 Å². The van der Waals surface area contributed by atoms with E-state index in [1.807, 2.05) is 0 Å². The fraction of sp³-hybridized carbons (Fsp3) is 0.308. The number of aromatic nitrogens is 3. The summed E-state index contributed by atoms with van der Waals surface area (Å²) in [5.41, 5.74) is 1.30. The van der Waals surface area contributed by atoms with Crippen molar-refractivity contribution < 1.29 is 0 Å². The minimum Gasteiger partial charge on any atom is -0.250 e. The molecule has 20 heavy (non-hydrogen) atoms. The van der Waals surface area contributed by atoms with Crippen molar-refractivity contribution in [1.29, 1.82) is 0 Å². The van der Waals surface area contributed by atoms with Gasteiger partial charge < -0.3 is 0 Å². The van der Waals surface area contributed by atoms with Crippen molar-refractivity contribution >= 4 is 50.7 Å². The van der Waals surface area contributed by atoms with Crippen LogP contribution < -0.4 is 0 Å². The predicted molar refractivity (Wildman–Crippen MR) is 86.5 cm³/mol. The third kappa shape index (κ3) is 3.61. The van der Waals surface area contributed by atoms with Gasteiger partial charge in [-0.2, -0.15) is 0 Å². The van der Waals surface area contributed by atoms with Gasteiger partial charge in [0.25, 0.3) is 0 Å². The molecule has 2 heterocycles. The zero-order valence-electron chi connectivity index (χ0n) is 10.8. The van der Waals surface area contributed by atoms with Gasteiger partial charge in [0.15, 0.2) is 5.82 Å². The lowest BCUT2D eigenvalue weighted by Gasteiger charge is -2.10. The van der Waals surface area contributed by atoms with Crippen molar-refractivity contribution in [2.24, 2.45) is 5.92 Å². The van der Waals surface area contributed by atoms with Crippen LogP contribution >= 0.6 is 50.7 Å². The molecular formula is C13H11BrCl3N3. The summed E-state index contributed by atoms with van der Waals surface area (Å²) >= 11 is 21.5. The van der Waals surface area contributed by atoms with Crippen LogP contribution in [0.3, 0.4) is 0 Å². The van der Waals surface area contributed by atoms with Crippen molar-refractivity contribution in [1.82, 2.24) is 15.0 Å². The van der Waals surface area contributed by atoms with Crippen molar-refractivity contribution in [2.75, 3.05) is 0 Å². The van der Waals surface area contributed by atoms with Crippen molar-refractivity contribution in [2.45, 2.75) is 20.3 Å². The normalized spacial score (nSPS) is 11.2. The Morgan fingerprint density at radius 3 is 2.50 bits per heavy atom. The molecule has 2 aromatic rings. The van der Waals surface area contributed by atoms with Gasteiger partial charge >= 0.3 is 0 Å². The predicted octanol–water partition coefficient (Wildman–Crippen LogP) is 5.46. The summed E-state index contributed by atoms with van der Waals surface area (Å²) < 4.78 is 0.710. The highest BCUT2D eigenvalue weighted by atomic mass is 79.9. The molecule has 0 aliphatic carbocycles.